The van der Waals surface area contributed by atoms with E-state index in [1.807, 2.05) is 12.3 Å². The minimum Gasteiger partial charge on any atom is -0.331 e. The van der Waals surface area contributed by atoms with Crippen molar-refractivity contribution in [1.82, 2.24) is 10.2 Å². The number of likely N-dealkylation sites (tertiary alicyclic amines) is 1. The van der Waals surface area contributed by atoms with Crippen LogP contribution in [0.2, 0.25) is 0 Å². The highest BCUT2D eigenvalue weighted by molar-refractivity contribution is 7.08. The Morgan fingerprint density at radius 3 is 3.00 bits per heavy atom. The second kappa shape index (κ2) is 4.10. The number of hydrogen-bond acceptors (Lipinski definition) is 3. The second-order valence-corrected chi connectivity index (χ2v) is 5.99. The Balaban J connectivity index is 1.88. The van der Waals surface area contributed by atoms with E-state index >= 15 is 0 Å². The van der Waals surface area contributed by atoms with E-state index in [2.05, 4.69) is 22.5 Å². The van der Waals surface area contributed by atoms with E-state index < -0.39 is 0 Å². The number of nitrogens with zero attached hydrogens (tertiary/aromatic N) is 1. The first-order chi connectivity index (χ1) is 8.18. The molecule has 1 amide bonds. The molecule has 92 valence electrons. The van der Waals surface area contributed by atoms with E-state index in [1.54, 1.807) is 11.3 Å². The molecule has 3 atom stereocenters. The van der Waals surface area contributed by atoms with Crippen molar-refractivity contribution in [2.75, 3.05) is 13.1 Å². The normalized spacial score (nSPS) is 31.9. The largest absolute Gasteiger partial charge is 0.331 e. The van der Waals surface area contributed by atoms with Crippen LogP contribution in [-0.2, 0) is 0 Å². The highest BCUT2D eigenvalue weighted by Crippen LogP contribution is 2.34. The number of amides is 1. The van der Waals surface area contributed by atoms with Gasteiger partial charge in [-0.1, -0.05) is 0 Å². The highest BCUT2D eigenvalue weighted by atomic mass is 32.1. The third-order valence-electron chi connectivity index (χ3n) is 4.10. The Kier molecular flexibility index (Phi) is 2.71. The van der Waals surface area contributed by atoms with E-state index in [1.165, 1.54) is 0 Å². The third kappa shape index (κ3) is 1.70. The van der Waals surface area contributed by atoms with Crippen molar-refractivity contribution in [3.63, 3.8) is 0 Å². The molecule has 3 unspecified atom stereocenters. The minimum atomic E-state index is 0.229. The maximum absolute atomic E-state index is 12.6. The van der Waals surface area contributed by atoms with E-state index in [4.69, 9.17) is 0 Å². The first kappa shape index (κ1) is 11.2. The maximum atomic E-state index is 12.6. The Morgan fingerprint density at radius 2 is 2.29 bits per heavy atom. The van der Waals surface area contributed by atoms with Gasteiger partial charge >= 0.3 is 0 Å². The summed E-state index contributed by atoms with van der Waals surface area (Å²) < 4.78 is 0. The summed E-state index contributed by atoms with van der Waals surface area (Å²) in [7, 11) is 0. The molecule has 1 aromatic heterocycles. The zero-order valence-electron chi connectivity index (χ0n) is 10.3. The Bertz CT molecular complexity index is 442. The van der Waals surface area contributed by atoms with Crippen molar-refractivity contribution in [2.45, 2.75) is 32.4 Å². The standard InChI is InChI=1S/C13H18N2OS/c1-8-6-17-7-11(8)13(16)15-9(2)3-10-4-14-5-12(10)15/h6-7,9-10,12,14H,3-5H2,1-2H3. The summed E-state index contributed by atoms with van der Waals surface area (Å²) in [4.78, 5) is 14.7. The van der Waals surface area contributed by atoms with Crippen LogP contribution in [0.15, 0.2) is 10.8 Å². The molecule has 0 radical (unpaired) electrons. The molecule has 3 rings (SSSR count). The number of thiophene rings is 1. The fraction of sp³-hybridized carbons (Fsp3) is 0.615. The Labute approximate surface area is 106 Å². The molecule has 2 aliphatic rings. The van der Waals surface area contributed by atoms with Gasteiger partial charge in [-0.05, 0) is 37.1 Å². The zero-order chi connectivity index (χ0) is 12.0. The fourth-order valence-electron chi connectivity index (χ4n) is 3.23. The molecular weight excluding hydrogens is 232 g/mol. The summed E-state index contributed by atoms with van der Waals surface area (Å²) in [5.74, 6) is 0.889. The lowest BCUT2D eigenvalue weighted by Crippen LogP contribution is -2.42. The topological polar surface area (TPSA) is 32.3 Å². The average Bonchev–Trinajstić information content (AvgIpc) is 2.92. The second-order valence-electron chi connectivity index (χ2n) is 5.25. The molecule has 0 aromatic carbocycles. The molecule has 3 nitrogen and oxygen atoms in total. The fourth-order valence-corrected chi connectivity index (χ4v) is 4.06. The van der Waals surface area contributed by atoms with Gasteiger partial charge in [0.15, 0.2) is 0 Å². The first-order valence-electron chi connectivity index (χ1n) is 6.24. The molecule has 0 bridgehead atoms. The summed E-state index contributed by atoms with van der Waals surface area (Å²) in [6.45, 7) is 6.23. The van der Waals surface area contributed by atoms with Crippen LogP contribution in [0.1, 0.15) is 29.3 Å². The van der Waals surface area contributed by atoms with E-state index in [0.29, 0.717) is 18.0 Å². The number of nitrogens with one attached hydrogen (secondary N) is 1. The molecule has 0 aliphatic carbocycles. The maximum Gasteiger partial charge on any atom is 0.255 e. The summed E-state index contributed by atoms with van der Waals surface area (Å²) in [5, 5.41) is 7.44. The van der Waals surface area contributed by atoms with Crippen LogP contribution >= 0.6 is 11.3 Å². The Morgan fingerprint density at radius 1 is 1.47 bits per heavy atom. The van der Waals surface area contributed by atoms with Crippen LogP contribution in [0.5, 0.6) is 0 Å². The number of rotatable bonds is 1. The highest BCUT2D eigenvalue weighted by Gasteiger charge is 2.44. The molecule has 4 heteroatoms. The van der Waals surface area contributed by atoms with Crippen LogP contribution in [0, 0.1) is 12.8 Å². The minimum absolute atomic E-state index is 0.229. The van der Waals surface area contributed by atoms with Crippen molar-refractivity contribution in [1.29, 1.82) is 0 Å². The number of hydrogen-bond donors (Lipinski definition) is 1. The van der Waals surface area contributed by atoms with Gasteiger partial charge in [0.05, 0.1) is 5.56 Å². The van der Waals surface area contributed by atoms with Gasteiger partial charge < -0.3 is 10.2 Å². The van der Waals surface area contributed by atoms with Gasteiger partial charge in [0.1, 0.15) is 0 Å². The lowest BCUT2D eigenvalue weighted by atomic mass is 10.0. The van der Waals surface area contributed by atoms with Crippen molar-refractivity contribution in [3.8, 4) is 0 Å². The van der Waals surface area contributed by atoms with Crippen molar-refractivity contribution < 1.29 is 4.79 Å². The summed E-state index contributed by atoms with van der Waals surface area (Å²) in [6.07, 6.45) is 1.15. The molecule has 2 fully saturated rings. The van der Waals surface area contributed by atoms with Gasteiger partial charge in [0, 0.05) is 30.6 Å². The van der Waals surface area contributed by atoms with Gasteiger partial charge in [-0.3, -0.25) is 4.79 Å². The van der Waals surface area contributed by atoms with E-state index in [-0.39, 0.29) is 5.91 Å². The van der Waals surface area contributed by atoms with Gasteiger partial charge in [-0.25, -0.2) is 0 Å². The molecule has 17 heavy (non-hydrogen) atoms. The van der Waals surface area contributed by atoms with Crippen molar-refractivity contribution >= 4 is 17.2 Å². The van der Waals surface area contributed by atoms with Crippen LogP contribution in [0.25, 0.3) is 0 Å². The zero-order valence-corrected chi connectivity index (χ0v) is 11.1. The predicted octanol–water partition coefficient (Wildman–Crippen LogP) is 1.88. The quantitative estimate of drug-likeness (QED) is 0.825. The average molecular weight is 250 g/mol. The SMILES string of the molecule is Cc1cscc1C(=O)N1C(C)CC2CNCC21. The lowest BCUT2D eigenvalue weighted by molar-refractivity contribution is 0.0682. The van der Waals surface area contributed by atoms with E-state index in [0.717, 1.165) is 30.6 Å². The molecule has 1 aromatic rings. The Hall–Kier alpha value is -0.870. The molecule has 1 N–H and O–H groups in total. The monoisotopic (exact) mass is 250 g/mol. The number of aryl methyl sites for hydroxylation is 1. The number of fused-ring (bicyclic) bond motifs is 1. The van der Waals surface area contributed by atoms with Gasteiger partial charge in [0.25, 0.3) is 5.91 Å². The molecule has 2 aliphatic heterocycles. The molecular formula is C13H18N2OS. The van der Waals surface area contributed by atoms with E-state index in [9.17, 15) is 4.79 Å². The first-order valence-corrected chi connectivity index (χ1v) is 7.19. The third-order valence-corrected chi connectivity index (χ3v) is 4.96. The van der Waals surface area contributed by atoms with Crippen LogP contribution < -0.4 is 5.32 Å². The van der Waals surface area contributed by atoms with Crippen molar-refractivity contribution in [2.24, 2.45) is 5.92 Å². The number of carbonyl (C=O) groups is 1. The summed E-state index contributed by atoms with van der Waals surface area (Å²) >= 11 is 1.62. The molecule has 3 heterocycles. The predicted molar refractivity (Wildman–Crippen MR) is 69.5 cm³/mol. The smallest absolute Gasteiger partial charge is 0.255 e. The number of carbonyl (C=O) groups excluding carboxylic acids is 1. The van der Waals surface area contributed by atoms with Gasteiger partial charge in [-0.15, -0.1) is 0 Å². The lowest BCUT2D eigenvalue weighted by Gasteiger charge is -2.27. The van der Waals surface area contributed by atoms with Gasteiger partial charge in [0.2, 0.25) is 0 Å². The van der Waals surface area contributed by atoms with Gasteiger partial charge in [-0.2, -0.15) is 11.3 Å². The van der Waals surface area contributed by atoms with Crippen LogP contribution in [0.3, 0.4) is 0 Å². The summed E-state index contributed by atoms with van der Waals surface area (Å²) in [6, 6.07) is 0.802. The summed E-state index contributed by atoms with van der Waals surface area (Å²) in [5.41, 5.74) is 2.01. The van der Waals surface area contributed by atoms with Crippen LogP contribution in [0.4, 0.5) is 0 Å². The molecule has 0 spiro atoms. The molecule has 0 saturated carbocycles. The van der Waals surface area contributed by atoms with Crippen molar-refractivity contribution in [3.05, 3.63) is 21.9 Å². The molecule has 2 saturated heterocycles. The van der Waals surface area contributed by atoms with Crippen LogP contribution in [-0.4, -0.2) is 36.0 Å².